The van der Waals surface area contributed by atoms with Crippen LogP contribution >= 0.6 is 0 Å². The lowest BCUT2D eigenvalue weighted by Gasteiger charge is -2.34. The van der Waals surface area contributed by atoms with Gasteiger partial charge in [0.2, 0.25) is 0 Å². The SMILES string of the molecule is CC/C=C/C/C=C/C/C=C/C/C=C/C/C=C/CCCCCCCCC(=O)OC(COCCC(C(=O)[O-])[N+](C)(C)C)COC(=O)CC/C=C/C/C=C/CCCCCCCC. The van der Waals surface area contributed by atoms with Crippen LogP contribution in [0.2, 0.25) is 0 Å². The Morgan fingerprint density at radius 3 is 1.47 bits per heavy atom. The fourth-order valence-electron chi connectivity index (χ4n) is 6.21. The molecule has 0 aliphatic heterocycles. The van der Waals surface area contributed by atoms with Crippen molar-refractivity contribution < 1.29 is 38.2 Å². The monoisotopic (exact) mass is 824 g/mol. The first-order valence-corrected chi connectivity index (χ1v) is 23.1. The average molecular weight is 824 g/mol. The summed E-state index contributed by atoms with van der Waals surface area (Å²) in [4.78, 5) is 36.8. The van der Waals surface area contributed by atoms with Crippen molar-refractivity contribution in [2.24, 2.45) is 0 Å². The van der Waals surface area contributed by atoms with E-state index in [2.05, 4.69) is 92.8 Å². The van der Waals surface area contributed by atoms with Gasteiger partial charge in [-0.3, -0.25) is 9.59 Å². The number of esters is 2. The first kappa shape index (κ1) is 55.5. The summed E-state index contributed by atoms with van der Waals surface area (Å²) in [7, 11) is 5.38. The molecule has 0 rings (SSSR count). The van der Waals surface area contributed by atoms with Crippen molar-refractivity contribution in [3.63, 3.8) is 0 Å². The maximum absolute atomic E-state index is 12.7. The van der Waals surface area contributed by atoms with Crippen LogP contribution in [0.15, 0.2) is 85.1 Å². The molecular formula is C51H85NO7. The lowest BCUT2D eigenvalue weighted by molar-refractivity contribution is -0.889. The molecule has 0 heterocycles. The van der Waals surface area contributed by atoms with E-state index in [0.717, 1.165) is 77.0 Å². The minimum atomic E-state index is -1.14. The van der Waals surface area contributed by atoms with Gasteiger partial charge >= 0.3 is 11.9 Å². The molecule has 0 amide bonds. The van der Waals surface area contributed by atoms with Crippen molar-refractivity contribution in [3.8, 4) is 0 Å². The zero-order valence-electron chi connectivity index (χ0n) is 38.1. The minimum absolute atomic E-state index is 0.0127. The third-order valence-electron chi connectivity index (χ3n) is 9.78. The van der Waals surface area contributed by atoms with Gasteiger partial charge in [0.25, 0.3) is 0 Å². The minimum Gasteiger partial charge on any atom is -0.544 e. The highest BCUT2D eigenvalue weighted by Gasteiger charge is 2.25. The molecule has 8 heteroatoms. The molecular weight excluding hydrogens is 739 g/mol. The van der Waals surface area contributed by atoms with E-state index >= 15 is 0 Å². The van der Waals surface area contributed by atoms with Crippen LogP contribution in [0.4, 0.5) is 0 Å². The van der Waals surface area contributed by atoms with E-state index in [4.69, 9.17) is 14.2 Å². The number of allylic oxidation sites excluding steroid dienone is 14. The van der Waals surface area contributed by atoms with E-state index < -0.39 is 18.1 Å². The smallest absolute Gasteiger partial charge is 0.306 e. The Morgan fingerprint density at radius 1 is 0.525 bits per heavy atom. The Morgan fingerprint density at radius 2 is 0.983 bits per heavy atom. The molecule has 0 aliphatic rings. The van der Waals surface area contributed by atoms with Crippen molar-refractivity contribution >= 4 is 17.9 Å². The predicted octanol–water partition coefficient (Wildman–Crippen LogP) is 11.6. The number of nitrogens with zero attached hydrogens (tertiary/aromatic N) is 1. The number of ether oxygens (including phenoxy) is 3. The molecule has 2 unspecified atom stereocenters. The molecule has 0 bridgehead atoms. The number of carbonyl (C=O) groups is 3. The maximum Gasteiger partial charge on any atom is 0.306 e. The average Bonchev–Trinajstić information content (AvgIpc) is 3.19. The van der Waals surface area contributed by atoms with Crippen LogP contribution in [-0.2, 0) is 28.6 Å². The molecule has 0 N–H and O–H groups in total. The van der Waals surface area contributed by atoms with Crippen LogP contribution < -0.4 is 5.11 Å². The second kappa shape index (κ2) is 41.3. The fourth-order valence-corrected chi connectivity index (χ4v) is 6.21. The molecule has 0 fully saturated rings. The van der Waals surface area contributed by atoms with Crippen molar-refractivity contribution in [1.29, 1.82) is 0 Å². The summed E-state index contributed by atoms with van der Waals surface area (Å²) in [5.74, 6) is -1.85. The summed E-state index contributed by atoms with van der Waals surface area (Å²) in [6, 6.07) is -0.740. The van der Waals surface area contributed by atoms with E-state index in [1.165, 1.54) is 51.4 Å². The largest absolute Gasteiger partial charge is 0.544 e. The number of hydrogen-bond acceptors (Lipinski definition) is 7. The van der Waals surface area contributed by atoms with E-state index in [-0.39, 0.29) is 55.5 Å². The normalized spacial score (nSPS) is 13.7. The van der Waals surface area contributed by atoms with Crippen LogP contribution in [0.3, 0.4) is 0 Å². The number of rotatable bonds is 40. The van der Waals surface area contributed by atoms with E-state index in [1.807, 2.05) is 6.08 Å². The van der Waals surface area contributed by atoms with Crippen LogP contribution in [0, 0.1) is 0 Å². The Balaban J connectivity index is 4.40. The summed E-state index contributed by atoms with van der Waals surface area (Å²) in [6.45, 7) is 4.44. The highest BCUT2D eigenvalue weighted by Crippen LogP contribution is 2.12. The van der Waals surface area contributed by atoms with Gasteiger partial charge in [-0.2, -0.15) is 0 Å². The molecule has 0 saturated heterocycles. The fraction of sp³-hybridized carbons (Fsp3) is 0.667. The maximum atomic E-state index is 12.7. The Hall–Kier alpha value is -3.49. The zero-order chi connectivity index (χ0) is 43.5. The van der Waals surface area contributed by atoms with Gasteiger partial charge in [-0.25, -0.2) is 0 Å². The second-order valence-electron chi connectivity index (χ2n) is 16.3. The van der Waals surface area contributed by atoms with Gasteiger partial charge in [-0.1, -0.05) is 157 Å². The first-order valence-electron chi connectivity index (χ1n) is 23.1. The summed E-state index contributed by atoms with van der Waals surface area (Å²) >= 11 is 0. The molecule has 0 spiro atoms. The first-order chi connectivity index (χ1) is 28.6. The molecule has 0 aromatic rings. The number of carbonyl (C=O) groups excluding carboxylic acids is 3. The van der Waals surface area contributed by atoms with Crippen LogP contribution in [0.25, 0.3) is 0 Å². The standard InChI is InChI=1S/C51H85NO7/c1-6-8-10-12-14-16-18-20-21-22-23-24-25-26-27-28-30-32-34-36-38-40-42-50(54)59-47(45-57-44-43-48(51(55)56)52(3,4)5)46-58-49(53)41-39-37-35-33-31-29-19-17-15-13-11-9-7-2/h8,10,14,16,20-21,23-24,26-27,29,31,35,37,47-48H,6-7,9,11-13,15,17-19,22,25,28,30,32-34,36,38-46H2,1-5H3/b10-8+,16-14+,21-20+,24-23+,27-26+,31-29+,37-35+. The van der Waals surface area contributed by atoms with Crippen molar-refractivity contribution in [2.45, 2.75) is 180 Å². The predicted molar refractivity (Wildman–Crippen MR) is 245 cm³/mol. The highest BCUT2D eigenvalue weighted by atomic mass is 16.6. The number of carboxylic acids is 1. The summed E-state index contributed by atoms with van der Waals surface area (Å²) < 4.78 is 17.1. The molecule has 0 aromatic heterocycles. The molecule has 0 saturated carbocycles. The third-order valence-corrected chi connectivity index (χ3v) is 9.78. The number of unbranched alkanes of at least 4 members (excludes halogenated alkanes) is 12. The Kier molecular flexibility index (Phi) is 38.8. The topological polar surface area (TPSA) is 102 Å². The summed E-state index contributed by atoms with van der Waals surface area (Å²) in [5.41, 5.74) is 0. The van der Waals surface area contributed by atoms with Gasteiger partial charge in [0.15, 0.2) is 6.10 Å². The van der Waals surface area contributed by atoms with Crippen LogP contribution in [0.1, 0.15) is 168 Å². The number of likely N-dealkylation sites (N-methyl/N-ethyl adjacent to an activating group) is 1. The molecule has 2 atom stereocenters. The lowest BCUT2D eigenvalue weighted by Crippen LogP contribution is -2.55. The van der Waals surface area contributed by atoms with Gasteiger partial charge in [0, 0.05) is 19.3 Å². The van der Waals surface area contributed by atoms with E-state index in [9.17, 15) is 19.5 Å². The quantitative estimate of drug-likeness (QED) is 0.0262. The molecule has 0 aromatic carbocycles. The number of quaternary nitrogens is 1. The van der Waals surface area contributed by atoms with E-state index in [1.54, 1.807) is 21.1 Å². The second-order valence-corrected chi connectivity index (χ2v) is 16.3. The zero-order valence-corrected chi connectivity index (χ0v) is 38.1. The molecule has 336 valence electrons. The number of hydrogen-bond donors (Lipinski definition) is 0. The van der Waals surface area contributed by atoms with Gasteiger partial charge < -0.3 is 28.6 Å². The van der Waals surface area contributed by atoms with Gasteiger partial charge in [0.05, 0.1) is 40.3 Å². The molecule has 8 nitrogen and oxygen atoms in total. The number of aliphatic carboxylic acids is 1. The number of carboxylic acid groups (broad SMARTS) is 1. The van der Waals surface area contributed by atoms with E-state index in [0.29, 0.717) is 6.42 Å². The summed E-state index contributed by atoms with van der Waals surface area (Å²) in [6.07, 6.45) is 53.4. The van der Waals surface area contributed by atoms with Gasteiger partial charge in [-0.05, 0) is 77.0 Å². The Bertz CT molecular complexity index is 1240. The van der Waals surface area contributed by atoms with Crippen LogP contribution in [-0.4, -0.2) is 75.5 Å². The lowest BCUT2D eigenvalue weighted by atomic mass is 10.1. The van der Waals surface area contributed by atoms with Crippen molar-refractivity contribution in [2.75, 3.05) is 41.0 Å². The molecule has 0 aliphatic carbocycles. The Labute approximate surface area is 361 Å². The van der Waals surface area contributed by atoms with Crippen molar-refractivity contribution in [1.82, 2.24) is 0 Å². The van der Waals surface area contributed by atoms with Gasteiger partial charge in [0.1, 0.15) is 12.6 Å². The molecule has 59 heavy (non-hydrogen) atoms. The summed E-state index contributed by atoms with van der Waals surface area (Å²) in [5, 5.41) is 11.6. The third kappa shape index (κ3) is 39.7. The highest BCUT2D eigenvalue weighted by molar-refractivity contribution is 5.70. The van der Waals surface area contributed by atoms with Gasteiger partial charge in [-0.15, -0.1) is 0 Å². The van der Waals surface area contributed by atoms with Crippen LogP contribution in [0.5, 0.6) is 0 Å². The molecule has 0 radical (unpaired) electrons. The van der Waals surface area contributed by atoms with Crippen molar-refractivity contribution in [3.05, 3.63) is 85.1 Å².